The summed E-state index contributed by atoms with van der Waals surface area (Å²) >= 11 is 6.20. The summed E-state index contributed by atoms with van der Waals surface area (Å²) in [6, 6.07) is 12.9. The van der Waals surface area contributed by atoms with Gasteiger partial charge in [-0.05, 0) is 61.6 Å². The van der Waals surface area contributed by atoms with Gasteiger partial charge in [0.2, 0.25) is 5.89 Å². The molecule has 0 unspecified atom stereocenters. The highest BCUT2D eigenvalue weighted by molar-refractivity contribution is 6.31. The van der Waals surface area contributed by atoms with E-state index in [1.165, 1.54) is 0 Å². The average Bonchev–Trinajstić information content (AvgIpc) is 3.40. The SMILES string of the molecule is Cc1c(Cl)cccc1-c1ccc(C(=O)N[C@@H](C)c2nc(C3CC3)no2)cc1. The molecule has 1 amide bonds. The molecule has 1 atom stereocenters. The van der Waals surface area contributed by atoms with Crippen molar-refractivity contribution in [2.75, 3.05) is 0 Å². The fourth-order valence-electron chi connectivity index (χ4n) is 2.99. The van der Waals surface area contributed by atoms with E-state index in [0.717, 1.165) is 40.4 Å². The van der Waals surface area contributed by atoms with Crippen LogP contribution in [-0.2, 0) is 0 Å². The zero-order valence-corrected chi connectivity index (χ0v) is 16.0. The number of benzene rings is 2. The van der Waals surface area contributed by atoms with Crippen LogP contribution in [0.5, 0.6) is 0 Å². The fourth-order valence-corrected chi connectivity index (χ4v) is 3.17. The third-order valence-corrected chi connectivity index (χ3v) is 5.25. The summed E-state index contributed by atoms with van der Waals surface area (Å²) in [5, 5.41) is 7.63. The summed E-state index contributed by atoms with van der Waals surface area (Å²) in [5.74, 6) is 1.43. The maximum atomic E-state index is 12.5. The van der Waals surface area contributed by atoms with Crippen LogP contribution in [0.1, 0.15) is 59.4 Å². The van der Waals surface area contributed by atoms with Gasteiger partial charge in [0.25, 0.3) is 5.91 Å². The van der Waals surface area contributed by atoms with Gasteiger partial charge in [-0.1, -0.05) is 41.0 Å². The van der Waals surface area contributed by atoms with Gasteiger partial charge in [-0.3, -0.25) is 4.79 Å². The molecule has 0 radical (unpaired) electrons. The summed E-state index contributed by atoms with van der Waals surface area (Å²) in [6.45, 7) is 3.83. The normalized spacial score (nSPS) is 14.8. The van der Waals surface area contributed by atoms with Crippen LogP contribution >= 0.6 is 11.6 Å². The van der Waals surface area contributed by atoms with Crippen molar-refractivity contribution in [2.45, 2.75) is 38.6 Å². The molecule has 1 aromatic heterocycles. The molecule has 0 aliphatic heterocycles. The number of halogens is 1. The molecular weight excluding hydrogens is 362 g/mol. The maximum Gasteiger partial charge on any atom is 0.251 e. The molecular formula is C21H20ClN3O2. The Morgan fingerprint density at radius 2 is 1.96 bits per heavy atom. The number of rotatable bonds is 5. The van der Waals surface area contributed by atoms with Crippen LogP contribution in [0.2, 0.25) is 5.02 Å². The molecule has 138 valence electrons. The Morgan fingerprint density at radius 1 is 1.22 bits per heavy atom. The molecule has 1 N–H and O–H groups in total. The number of aromatic nitrogens is 2. The van der Waals surface area contributed by atoms with Crippen LogP contribution in [0.15, 0.2) is 47.0 Å². The molecule has 1 aliphatic rings. The van der Waals surface area contributed by atoms with Crippen LogP contribution < -0.4 is 5.32 Å². The topological polar surface area (TPSA) is 68.0 Å². The van der Waals surface area contributed by atoms with Crippen LogP contribution in [0, 0.1) is 6.92 Å². The molecule has 6 heteroatoms. The first kappa shape index (κ1) is 17.7. The van der Waals surface area contributed by atoms with E-state index in [-0.39, 0.29) is 11.9 Å². The minimum absolute atomic E-state index is 0.178. The van der Waals surface area contributed by atoms with Gasteiger partial charge in [0.15, 0.2) is 5.82 Å². The van der Waals surface area contributed by atoms with Gasteiger partial charge in [0.1, 0.15) is 6.04 Å². The van der Waals surface area contributed by atoms with Crippen LogP contribution in [-0.4, -0.2) is 16.0 Å². The third kappa shape index (κ3) is 3.74. The zero-order valence-electron chi connectivity index (χ0n) is 15.2. The first-order valence-corrected chi connectivity index (χ1v) is 9.40. The Balaban J connectivity index is 1.46. The smallest absolute Gasteiger partial charge is 0.251 e. The third-order valence-electron chi connectivity index (χ3n) is 4.84. The van der Waals surface area contributed by atoms with Gasteiger partial charge in [0.05, 0.1) is 0 Å². The maximum absolute atomic E-state index is 12.5. The van der Waals surface area contributed by atoms with E-state index in [0.29, 0.717) is 17.4 Å². The Hall–Kier alpha value is -2.66. The Bertz CT molecular complexity index is 977. The monoisotopic (exact) mass is 381 g/mol. The van der Waals surface area contributed by atoms with Crippen molar-refractivity contribution in [3.63, 3.8) is 0 Å². The minimum atomic E-state index is -0.340. The van der Waals surface area contributed by atoms with Crippen molar-refractivity contribution in [1.29, 1.82) is 0 Å². The highest BCUT2D eigenvalue weighted by Gasteiger charge is 2.29. The first-order valence-electron chi connectivity index (χ1n) is 9.03. The highest BCUT2D eigenvalue weighted by atomic mass is 35.5. The zero-order chi connectivity index (χ0) is 19.0. The molecule has 1 aliphatic carbocycles. The molecule has 1 fully saturated rings. The second-order valence-electron chi connectivity index (χ2n) is 6.95. The Morgan fingerprint density at radius 3 is 2.67 bits per heavy atom. The number of hydrogen-bond donors (Lipinski definition) is 1. The summed E-state index contributed by atoms with van der Waals surface area (Å²) < 4.78 is 5.28. The molecule has 3 aromatic rings. The number of nitrogens with one attached hydrogen (secondary N) is 1. The van der Waals surface area contributed by atoms with Crippen molar-refractivity contribution >= 4 is 17.5 Å². The lowest BCUT2D eigenvalue weighted by atomic mass is 9.99. The van der Waals surface area contributed by atoms with Crippen LogP contribution in [0.3, 0.4) is 0 Å². The number of carbonyl (C=O) groups is 1. The molecule has 0 saturated heterocycles. The molecule has 0 spiro atoms. The summed E-state index contributed by atoms with van der Waals surface area (Å²) in [6.07, 6.45) is 2.22. The van der Waals surface area contributed by atoms with Gasteiger partial charge in [0, 0.05) is 16.5 Å². The van der Waals surface area contributed by atoms with Crippen LogP contribution in [0.4, 0.5) is 0 Å². The summed E-state index contributed by atoms with van der Waals surface area (Å²) in [7, 11) is 0. The van der Waals surface area contributed by atoms with Crippen molar-refractivity contribution in [3.05, 3.63) is 70.3 Å². The van der Waals surface area contributed by atoms with Gasteiger partial charge in [-0.25, -0.2) is 0 Å². The molecule has 4 rings (SSSR count). The fraction of sp³-hybridized carbons (Fsp3) is 0.286. The molecule has 5 nitrogen and oxygen atoms in total. The lowest BCUT2D eigenvalue weighted by Gasteiger charge is -2.11. The van der Waals surface area contributed by atoms with Crippen molar-refractivity contribution < 1.29 is 9.32 Å². The average molecular weight is 382 g/mol. The van der Waals surface area contributed by atoms with Gasteiger partial charge < -0.3 is 9.84 Å². The number of nitrogens with zero attached hydrogens (tertiary/aromatic N) is 2. The van der Waals surface area contributed by atoms with Crippen molar-refractivity contribution in [3.8, 4) is 11.1 Å². The van der Waals surface area contributed by atoms with Gasteiger partial charge in [-0.2, -0.15) is 4.98 Å². The van der Waals surface area contributed by atoms with Gasteiger partial charge in [-0.15, -0.1) is 0 Å². The van der Waals surface area contributed by atoms with E-state index >= 15 is 0 Å². The molecule has 0 bridgehead atoms. The summed E-state index contributed by atoms with van der Waals surface area (Å²) in [5.41, 5.74) is 3.67. The summed E-state index contributed by atoms with van der Waals surface area (Å²) in [4.78, 5) is 16.9. The second-order valence-corrected chi connectivity index (χ2v) is 7.36. The van der Waals surface area contributed by atoms with E-state index in [9.17, 15) is 4.79 Å². The molecule has 2 aromatic carbocycles. The highest BCUT2D eigenvalue weighted by Crippen LogP contribution is 2.38. The van der Waals surface area contributed by atoms with Gasteiger partial charge >= 0.3 is 0 Å². The number of amides is 1. The largest absolute Gasteiger partial charge is 0.341 e. The predicted molar refractivity (Wildman–Crippen MR) is 104 cm³/mol. The van der Waals surface area contributed by atoms with E-state index in [2.05, 4.69) is 15.5 Å². The number of hydrogen-bond acceptors (Lipinski definition) is 4. The van der Waals surface area contributed by atoms with Crippen LogP contribution in [0.25, 0.3) is 11.1 Å². The Labute approximate surface area is 162 Å². The van der Waals surface area contributed by atoms with E-state index in [1.807, 2.05) is 44.2 Å². The second kappa shape index (κ2) is 7.16. The molecule has 27 heavy (non-hydrogen) atoms. The lowest BCUT2D eigenvalue weighted by molar-refractivity contribution is 0.0932. The van der Waals surface area contributed by atoms with E-state index in [1.54, 1.807) is 12.1 Å². The van der Waals surface area contributed by atoms with E-state index < -0.39 is 0 Å². The quantitative estimate of drug-likeness (QED) is 0.670. The molecule has 1 heterocycles. The van der Waals surface area contributed by atoms with E-state index in [4.69, 9.17) is 16.1 Å². The van der Waals surface area contributed by atoms with Crippen molar-refractivity contribution in [1.82, 2.24) is 15.5 Å². The standard InChI is InChI=1S/C21H20ClN3O2/c1-12-17(4-3-5-18(12)22)14-6-10-16(11-7-14)20(26)23-13(2)21-24-19(25-27-21)15-8-9-15/h3-7,10-11,13,15H,8-9H2,1-2H3,(H,23,26)/t13-/m0/s1. The number of carbonyl (C=O) groups excluding carboxylic acids is 1. The Kier molecular flexibility index (Phi) is 4.70. The first-order chi connectivity index (χ1) is 13.0. The lowest BCUT2D eigenvalue weighted by Crippen LogP contribution is -2.26. The molecule has 1 saturated carbocycles. The van der Waals surface area contributed by atoms with Crippen molar-refractivity contribution in [2.24, 2.45) is 0 Å². The predicted octanol–water partition coefficient (Wildman–Crippen LogP) is 5.07. The minimum Gasteiger partial charge on any atom is -0.341 e.